The fourth-order valence-electron chi connectivity index (χ4n) is 1.97. The molecule has 1 atom stereocenters. The SMILES string of the molecule is CN(C)C(=O)C(CN)c1ccc2c(c1)OCCO2. The molecule has 0 saturated heterocycles. The molecule has 0 fully saturated rings. The van der Waals surface area contributed by atoms with Crippen LogP contribution in [0.2, 0.25) is 0 Å². The quantitative estimate of drug-likeness (QED) is 0.852. The van der Waals surface area contributed by atoms with Gasteiger partial charge in [-0.3, -0.25) is 4.79 Å². The molecule has 2 rings (SSSR count). The zero-order valence-electron chi connectivity index (χ0n) is 10.7. The van der Waals surface area contributed by atoms with E-state index in [1.807, 2.05) is 18.2 Å². The summed E-state index contributed by atoms with van der Waals surface area (Å²) < 4.78 is 11.0. The van der Waals surface area contributed by atoms with E-state index < -0.39 is 0 Å². The van der Waals surface area contributed by atoms with Gasteiger partial charge in [-0.05, 0) is 17.7 Å². The standard InChI is InChI=1S/C13H18N2O3/c1-15(2)13(16)10(8-14)9-3-4-11-12(7-9)18-6-5-17-11/h3-4,7,10H,5-6,8,14H2,1-2H3. The Hall–Kier alpha value is -1.75. The van der Waals surface area contributed by atoms with Crippen molar-refractivity contribution < 1.29 is 14.3 Å². The number of amides is 1. The van der Waals surface area contributed by atoms with Crippen molar-refractivity contribution in [2.45, 2.75) is 5.92 Å². The summed E-state index contributed by atoms with van der Waals surface area (Å²) in [5.74, 6) is 1.06. The van der Waals surface area contributed by atoms with Crippen LogP contribution in [-0.2, 0) is 4.79 Å². The molecule has 0 bridgehead atoms. The van der Waals surface area contributed by atoms with Crippen molar-refractivity contribution in [3.8, 4) is 11.5 Å². The van der Waals surface area contributed by atoms with Crippen molar-refractivity contribution in [1.82, 2.24) is 4.90 Å². The molecule has 5 nitrogen and oxygen atoms in total. The molecule has 0 spiro atoms. The second-order valence-electron chi connectivity index (χ2n) is 4.42. The molecule has 0 radical (unpaired) electrons. The molecule has 1 aromatic carbocycles. The van der Waals surface area contributed by atoms with Gasteiger partial charge in [0.1, 0.15) is 13.2 Å². The lowest BCUT2D eigenvalue weighted by atomic mass is 9.97. The molecular formula is C13H18N2O3. The summed E-state index contributed by atoms with van der Waals surface area (Å²) in [5, 5.41) is 0. The highest BCUT2D eigenvalue weighted by Crippen LogP contribution is 2.33. The molecule has 5 heteroatoms. The van der Waals surface area contributed by atoms with E-state index in [0.29, 0.717) is 19.0 Å². The highest BCUT2D eigenvalue weighted by Gasteiger charge is 2.23. The summed E-state index contributed by atoms with van der Waals surface area (Å²) in [5.41, 5.74) is 6.56. The third kappa shape index (κ3) is 2.41. The molecule has 1 amide bonds. The number of nitrogens with two attached hydrogens (primary N) is 1. The molecule has 98 valence electrons. The first-order chi connectivity index (χ1) is 8.63. The van der Waals surface area contributed by atoms with Crippen molar-refractivity contribution in [2.75, 3.05) is 33.9 Å². The zero-order chi connectivity index (χ0) is 13.1. The first kappa shape index (κ1) is 12.7. The van der Waals surface area contributed by atoms with Gasteiger partial charge in [-0.15, -0.1) is 0 Å². The normalized spacial score (nSPS) is 15.1. The number of carbonyl (C=O) groups excluding carboxylic acids is 1. The topological polar surface area (TPSA) is 64.8 Å². The summed E-state index contributed by atoms with van der Waals surface area (Å²) in [4.78, 5) is 13.6. The maximum absolute atomic E-state index is 12.0. The van der Waals surface area contributed by atoms with E-state index in [9.17, 15) is 4.79 Å². The Kier molecular flexibility index (Phi) is 3.72. The third-order valence-electron chi connectivity index (χ3n) is 2.94. The van der Waals surface area contributed by atoms with Crippen LogP contribution in [0.1, 0.15) is 11.5 Å². The van der Waals surface area contributed by atoms with Gasteiger partial charge in [0.25, 0.3) is 0 Å². The average molecular weight is 250 g/mol. The largest absolute Gasteiger partial charge is 0.486 e. The number of hydrogen-bond acceptors (Lipinski definition) is 4. The van der Waals surface area contributed by atoms with Crippen LogP contribution in [0.5, 0.6) is 11.5 Å². The molecule has 1 aliphatic heterocycles. The van der Waals surface area contributed by atoms with E-state index in [1.54, 1.807) is 19.0 Å². The van der Waals surface area contributed by atoms with Crippen molar-refractivity contribution in [2.24, 2.45) is 5.73 Å². The van der Waals surface area contributed by atoms with Crippen LogP contribution in [0.25, 0.3) is 0 Å². The summed E-state index contributed by atoms with van der Waals surface area (Å²) in [7, 11) is 3.45. The van der Waals surface area contributed by atoms with Gasteiger partial charge < -0.3 is 20.1 Å². The van der Waals surface area contributed by atoms with Gasteiger partial charge in [0.15, 0.2) is 11.5 Å². The predicted molar refractivity (Wildman–Crippen MR) is 67.9 cm³/mol. The van der Waals surface area contributed by atoms with Crippen LogP contribution in [-0.4, -0.2) is 44.7 Å². The van der Waals surface area contributed by atoms with Crippen LogP contribution in [0, 0.1) is 0 Å². The van der Waals surface area contributed by atoms with Gasteiger partial charge >= 0.3 is 0 Å². The van der Waals surface area contributed by atoms with E-state index in [4.69, 9.17) is 15.2 Å². The number of nitrogens with zero attached hydrogens (tertiary/aromatic N) is 1. The number of benzene rings is 1. The van der Waals surface area contributed by atoms with E-state index in [-0.39, 0.29) is 18.4 Å². The third-order valence-corrected chi connectivity index (χ3v) is 2.94. The van der Waals surface area contributed by atoms with Crippen LogP contribution in [0.4, 0.5) is 0 Å². The molecular weight excluding hydrogens is 232 g/mol. The number of fused-ring (bicyclic) bond motifs is 1. The number of carbonyl (C=O) groups is 1. The average Bonchev–Trinajstić information content (AvgIpc) is 2.39. The van der Waals surface area contributed by atoms with E-state index in [2.05, 4.69) is 0 Å². The molecule has 1 heterocycles. The Labute approximate surface area is 106 Å². The maximum Gasteiger partial charge on any atom is 0.230 e. The predicted octanol–water partition coefficient (Wildman–Crippen LogP) is 0.588. The molecule has 1 aromatic rings. The Morgan fingerprint density at radius 2 is 2.00 bits per heavy atom. The van der Waals surface area contributed by atoms with Gasteiger partial charge in [-0.1, -0.05) is 6.07 Å². The monoisotopic (exact) mass is 250 g/mol. The van der Waals surface area contributed by atoms with Crippen molar-refractivity contribution in [1.29, 1.82) is 0 Å². The van der Waals surface area contributed by atoms with Crippen LogP contribution in [0.3, 0.4) is 0 Å². The van der Waals surface area contributed by atoms with Gasteiger partial charge in [0, 0.05) is 20.6 Å². The summed E-state index contributed by atoms with van der Waals surface area (Å²) >= 11 is 0. The molecule has 0 aromatic heterocycles. The van der Waals surface area contributed by atoms with Crippen molar-refractivity contribution in [3.63, 3.8) is 0 Å². The molecule has 2 N–H and O–H groups in total. The minimum Gasteiger partial charge on any atom is -0.486 e. The highest BCUT2D eigenvalue weighted by molar-refractivity contribution is 5.83. The van der Waals surface area contributed by atoms with E-state index in [1.165, 1.54) is 0 Å². The van der Waals surface area contributed by atoms with E-state index >= 15 is 0 Å². The van der Waals surface area contributed by atoms with E-state index in [0.717, 1.165) is 11.3 Å². The van der Waals surface area contributed by atoms with Crippen LogP contribution >= 0.6 is 0 Å². The second kappa shape index (κ2) is 5.27. The number of likely N-dealkylation sites (N-methyl/N-ethyl adjacent to an activating group) is 1. The molecule has 0 saturated carbocycles. The molecule has 1 unspecified atom stereocenters. The molecule has 1 aliphatic rings. The summed E-state index contributed by atoms with van der Waals surface area (Å²) in [6.07, 6.45) is 0. The lowest BCUT2D eigenvalue weighted by Gasteiger charge is -2.22. The Bertz CT molecular complexity index is 446. The first-order valence-corrected chi connectivity index (χ1v) is 5.94. The highest BCUT2D eigenvalue weighted by atomic mass is 16.6. The van der Waals surface area contributed by atoms with Gasteiger partial charge in [-0.25, -0.2) is 0 Å². The van der Waals surface area contributed by atoms with Crippen molar-refractivity contribution >= 4 is 5.91 Å². The lowest BCUT2D eigenvalue weighted by Crippen LogP contribution is -2.32. The summed E-state index contributed by atoms with van der Waals surface area (Å²) in [6.45, 7) is 1.37. The fraction of sp³-hybridized carbons (Fsp3) is 0.462. The van der Waals surface area contributed by atoms with Gasteiger partial charge in [-0.2, -0.15) is 0 Å². The number of hydrogen-bond donors (Lipinski definition) is 1. The summed E-state index contributed by atoms with van der Waals surface area (Å²) in [6, 6.07) is 5.54. The second-order valence-corrected chi connectivity index (χ2v) is 4.42. The molecule has 18 heavy (non-hydrogen) atoms. The number of rotatable bonds is 3. The smallest absolute Gasteiger partial charge is 0.230 e. The molecule has 0 aliphatic carbocycles. The zero-order valence-corrected chi connectivity index (χ0v) is 10.7. The first-order valence-electron chi connectivity index (χ1n) is 5.94. The van der Waals surface area contributed by atoms with Crippen LogP contribution in [0.15, 0.2) is 18.2 Å². The van der Waals surface area contributed by atoms with Gasteiger partial charge in [0.05, 0.1) is 5.92 Å². The minimum absolute atomic E-state index is 0.00539. The lowest BCUT2D eigenvalue weighted by molar-refractivity contribution is -0.130. The number of ether oxygens (including phenoxy) is 2. The maximum atomic E-state index is 12.0. The Morgan fingerprint density at radius 3 is 2.61 bits per heavy atom. The van der Waals surface area contributed by atoms with Crippen molar-refractivity contribution in [3.05, 3.63) is 23.8 Å². The minimum atomic E-state index is -0.337. The van der Waals surface area contributed by atoms with Crippen LogP contribution < -0.4 is 15.2 Å². The Morgan fingerprint density at radius 1 is 1.33 bits per heavy atom. The van der Waals surface area contributed by atoms with Gasteiger partial charge in [0.2, 0.25) is 5.91 Å². The fourth-order valence-corrected chi connectivity index (χ4v) is 1.97. The Balaban J connectivity index is 2.29.